The summed E-state index contributed by atoms with van der Waals surface area (Å²) in [6, 6.07) is 0. The quantitative estimate of drug-likeness (QED) is 0.605. The molecule has 13 heavy (non-hydrogen) atoms. The molecular formula is C9H19NO3. The van der Waals surface area contributed by atoms with Crippen molar-refractivity contribution in [3.63, 3.8) is 0 Å². The fourth-order valence-electron chi connectivity index (χ4n) is 0.913. The Hall–Kier alpha value is -0.610. The Bertz CT molecular complexity index is 139. The van der Waals surface area contributed by atoms with Crippen molar-refractivity contribution < 1.29 is 14.6 Å². The Morgan fingerprint density at radius 1 is 1.54 bits per heavy atom. The van der Waals surface area contributed by atoms with Crippen LogP contribution in [0.3, 0.4) is 0 Å². The highest BCUT2D eigenvalue weighted by Crippen LogP contribution is 1.93. The second-order valence-electron chi connectivity index (χ2n) is 2.88. The number of hydrogen-bond acceptors (Lipinski definition) is 3. The molecule has 0 aromatic carbocycles. The number of rotatable bonds is 7. The van der Waals surface area contributed by atoms with Gasteiger partial charge in [-0.1, -0.05) is 13.3 Å². The molecule has 1 amide bonds. The molecule has 0 spiro atoms. The van der Waals surface area contributed by atoms with Gasteiger partial charge >= 0.3 is 0 Å². The molecule has 0 aromatic heterocycles. The van der Waals surface area contributed by atoms with Crippen molar-refractivity contribution in [3.05, 3.63) is 0 Å². The van der Waals surface area contributed by atoms with Gasteiger partial charge in [0.2, 0.25) is 5.91 Å². The summed E-state index contributed by atoms with van der Waals surface area (Å²) < 4.78 is 4.89. The van der Waals surface area contributed by atoms with Crippen LogP contribution in [0.25, 0.3) is 0 Å². The van der Waals surface area contributed by atoms with Crippen LogP contribution in [0.2, 0.25) is 0 Å². The molecular weight excluding hydrogens is 170 g/mol. The molecule has 0 radical (unpaired) electrons. The Kier molecular flexibility index (Phi) is 7.63. The third-order valence-electron chi connectivity index (χ3n) is 1.59. The summed E-state index contributed by atoms with van der Waals surface area (Å²) in [5.74, 6) is -0.169. The fourth-order valence-corrected chi connectivity index (χ4v) is 0.913. The number of hydrogen-bond donors (Lipinski definition) is 2. The zero-order valence-corrected chi connectivity index (χ0v) is 8.38. The number of aliphatic hydroxyl groups excluding tert-OH is 1. The minimum Gasteiger partial charge on any atom is -0.391 e. The molecule has 0 saturated carbocycles. The molecule has 1 atom stereocenters. The summed E-state index contributed by atoms with van der Waals surface area (Å²) in [6.07, 6.45) is 1.20. The van der Waals surface area contributed by atoms with Gasteiger partial charge in [-0.25, -0.2) is 0 Å². The van der Waals surface area contributed by atoms with Crippen molar-refractivity contribution >= 4 is 5.91 Å². The molecule has 0 aliphatic rings. The maximum absolute atomic E-state index is 11.0. The second-order valence-corrected chi connectivity index (χ2v) is 2.88. The molecule has 1 unspecified atom stereocenters. The van der Waals surface area contributed by atoms with E-state index in [2.05, 4.69) is 5.32 Å². The van der Waals surface area contributed by atoms with Crippen LogP contribution in [0.15, 0.2) is 0 Å². The van der Waals surface area contributed by atoms with Gasteiger partial charge in [0.05, 0.1) is 6.10 Å². The first-order chi connectivity index (χ1) is 6.20. The van der Waals surface area contributed by atoms with Gasteiger partial charge in [-0.3, -0.25) is 4.79 Å². The number of aliphatic hydroxyl groups is 1. The van der Waals surface area contributed by atoms with E-state index >= 15 is 0 Å². The van der Waals surface area contributed by atoms with Crippen molar-refractivity contribution in [2.75, 3.05) is 19.8 Å². The van der Waals surface area contributed by atoms with Crippen LogP contribution in [0, 0.1) is 0 Å². The number of nitrogens with one attached hydrogen (secondary N) is 1. The first-order valence-electron chi connectivity index (χ1n) is 4.73. The van der Waals surface area contributed by atoms with Crippen molar-refractivity contribution in [1.82, 2.24) is 5.32 Å². The normalized spacial score (nSPS) is 12.5. The third-order valence-corrected chi connectivity index (χ3v) is 1.59. The Morgan fingerprint density at radius 2 is 2.23 bits per heavy atom. The average molecular weight is 189 g/mol. The SMILES string of the molecule is CCCC(O)CNC(=O)COCC. The van der Waals surface area contributed by atoms with Gasteiger partial charge in [0.1, 0.15) is 6.61 Å². The van der Waals surface area contributed by atoms with E-state index in [1.807, 2.05) is 13.8 Å². The number of amides is 1. The lowest BCUT2D eigenvalue weighted by molar-refractivity contribution is -0.126. The van der Waals surface area contributed by atoms with Gasteiger partial charge in [-0.05, 0) is 13.3 Å². The lowest BCUT2D eigenvalue weighted by Gasteiger charge is -2.10. The molecule has 0 rings (SSSR count). The smallest absolute Gasteiger partial charge is 0.246 e. The standard InChI is InChI=1S/C9H19NO3/c1-3-5-8(11)6-10-9(12)7-13-4-2/h8,11H,3-7H2,1-2H3,(H,10,12). The van der Waals surface area contributed by atoms with Crippen LogP contribution >= 0.6 is 0 Å². The highest BCUT2D eigenvalue weighted by Gasteiger charge is 2.05. The van der Waals surface area contributed by atoms with Gasteiger partial charge in [-0.2, -0.15) is 0 Å². The fraction of sp³-hybridized carbons (Fsp3) is 0.889. The Morgan fingerprint density at radius 3 is 2.77 bits per heavy atom. The molecule has 78 valence electrons. The third kappa shape index (κ3) is 7.74. The predicted octanol–water partition coefficient (Wildman–Crippen LogP) is 0.300. The van der Waals surface area contributed by atoms with E-state index < -0.39 is 6.10 Å². The minimum absolute atomic E-state index is 0.0787. The number of ether oxygens (including phenoxy) is 1. The highest BCUT2D eigenvalue weighted by atomic mass is 16.5. The summed E-state index contributed by atoms with van der Waals surface area (Å²) in [7, 11) is 0. The zero-order chi connectivity index (χ0) is 10.1. The first kappa shape index (κ1) is 12.4. The number of carbonyl (C=O) groups excluding carboxylic acids is 1. The summed E-state index contributed by atoms with van der Waals surface area (Å²) in [5.41, 5.74) is 0. The molecule has 0 aromatic rings. The van der Waals surface area contributed by atoms with E-state index in [0.29, 0.717) is 13.2 Å². The van der Waals surface area contributed by atoms with Gasteiger partial charge < -0.3 is 15.2 Å². The number of carbonyl (C=O) groups is 1. The maximum atomic E-state index is 11.0. The van der Waals surface area contributed by atoms with Gasteiger partial charge in [0.15, 0.2) is 0 Å². The van der Waals surface area contributed by atoms with Crippen molar-refractivity contribution in [2.45, 2.75) is 32.8 Å². The maximum Gasteiger partial charge on any atom is 0.246 e. The monoisotopic (exact) mass is 189 g/mol. The average Bonchev–Trinajstić information content (AvgIpc) is 2.12. The molecule has 0 bridgehead atoms. The molecule has 0 saturated heterocycles. The van der Waals surface area contributed by atoms with Gasteiger partial charge in [0.25, 0.3) is 0 Å². The Balaban J connectivity index is 3.34. The summed E-state index contributed by atoms with van der Waals surface area (Å²) in [5, 5.41) is 11.9. The highest BCUT2D eigenvalue weighted by molar-refractivity contribution is 5.77. The summed E-state index contributed by atoms with van der Waals surface area (Å²) >= 11 is 0. The molecule has 4 heteroatoms. The van der Waals surface area contributed by atoms with E-state index in [0.717, 1.165) is 12.8 Å². The van der Waals surface area contributed by atoms with Crippen LogP contribution in [0.1, 0.15) is 26.7 Å². The summed E-state index contributed by atoms with van der Waals surface area (Å²) in [6.45, 7) is 4.75. The van der Waals surface area contributed by atoms with E-state index in [1.54, 1.807) is 0 Å². The van der Waals surface area contributed by atoms with E-state index in [-0.39, 0.29) is 12.5 Å². The van der Waals surface area contributed by atoms with Crippen LogP contribution in [0.4, 0.5) is 0 Å². The molecule has 2 N–H and O–H groups in total. The zero-order valence-electron chi connectivity index (χ0n) is 8.38. The van der Waals surface area contributed by atoms with Crippen LogP contribution in [-0.2, 0) is 9.53 Å². The second kappa shape index (κ2) is 8.01. The lowest BCUT2D eigenvalue weighted by Crippen LogP contribution is -2.34. The largest absolute Gasteiger partial charge is 0.391 e. The van der Waals surface area contributed by atoms with Crippen molar-refractivity contribution in [2.24, 2.45) is 0 Å². The topological polar surface area (TPSA) is 58.6 Å². The molecule has 0 heterocycles. The molecule has 4 nitrogen and oxygen atoms in total. The lowest BCUT2D eigenvalue weighted by atomic mass is 10.2. The van der Waals surface area contributed by atoms with E-state index in [4.69, 9.17) is 4.74 Å². The summed E-state index contributed by atoms with van der Waals surface area (Å²) in [4.78, 5) is 11.0. The van der Waals surface area contributed by atoms with Crippen LogP contribution in [-0.4, -0.2) is 36.9 Å². The van der Waals surface area contributed by atoms with Crippen LogP contribution < -0.4 is 5.32 Å². The predicted molar refractivity (Wildman–Crippen MR) is 50.4 cm³/mol. The van der Waals surface area contributed by atoms with Crippen molar-refractivity contribution in [1.29, 1.82) is 0 Å². The first-order valence-corrected chi connectivity index (χ1v) is 4.73. The van der Waals surface area contributed by atoms with Gasteiger partial charge in [0, 0.05) is 13.2 Å². The van der Waals surface area contributed by atoms with Gasteiger partial charge in [-0.15, -0.1) is 0 Å². The Labute approximate surface area is 79.3 Å². The van der Waals surface area contributed by atoms with E-state index in [9.17, 15) is 9.90 Å². The minimum atomic E-state index is -0.435. The molecule has 0 aliphatic heterocycles. The molecule has 0 fully saturated rings. The van der Waals surface area contributed by atoms with Crippen molar-refractivity contribution in [3.8, 4) is 0 Å². The van der Waals surface area contributed by atoms with Crippen LogP contribution in [0.5, 0.6) is 0 Å². The molecule has 0 aliphatic carbocycles. The van der Waals surface area contributed by atoms with E-state index in [1.165, 1.54) is 0 Å².